The van der Waals surface area contributed by atoms with Gasteiger partial charge in [0.1, 0.15) is 35.3 Å². The van der Waals surface area contributed by atoms with Gasteiger partial charge >= 0.3 is 24.0 Å². The Kier molecular flexibility index (Phi) is 13.4. The molecule has 4 rings (SSSR count). The van der Waals surface area contributed by atoms with Crippen molar-refractivity contribution in [2.45, 2.75) is 136 Å². The third-order valence-corrected chi connectivity index (χ3v) is 11.0. The third kappa shape index (κ3) is 9.03. The van der Waals surface area contributed by atoms with Crippen molar-refractivity contribution in [2.24, 2.45) is 17.3 Å². The Balaban J connectivity index is 1.92. The first kappa shape index (κ1) is 45.3. The molecule has 0 spiro atoms. The lowest BCUT2D eigenvalue weighted by Gasteiger charge is -2.60. The van der Waals surface area contributed by atoms with E-state index in [9.17, 15) is 48.8 Å². The van der Waals surface area contributed by atoms with Gasteiger partial charge in [-0.15, -0.1) is 0 Å². The average Bonchev–Trinajstić information content (AvgIpc) is 3.08. The summed E-state index contributed by atoms with van der Waals surface area (Å²) in [5.74, 6) is -7.47. The van der Waals surface area contributed by atoms with Crippen molar-refractivity contribution in [3.63, 3.8) is 0 Å². The molecule has 0 aromatic heterocycles. The van der Waals surface area contributed by atoms with Crippen molar-refractivity contribution in [1.82, 2.24) is 5.32 Å². The number of halogens is 1. The molecule has 15 nitrogen and oxygen atoms in total. The lowest BCUT2D eigenvalue weighted by Crippen LogP contribution is -2.73. The van der Waals surface area contributed by atoms with E-state index in [1.165, 1.54) is 39.8 Å². The zero-order valence-corrected chi connectivity index (χ0v) is 34.1. The minimum absolute atomic E-state index is 0.101. The van der Waals surface area contributed by atoms with Crippen LogP contribution in [-0.4, -0.2) is 111 Å². The molecule has 57 heavy (non-hydrogen) atoms. The topological polar surface area (TPSA) is 224 Å². The van der Waals surface area contributed by atoms with Crippen molar-refractivity contribution in [3.05, 3.63) is 58.1 Å². The van der Waals surface area contributed by atoms with Gasteiger partial charge in [-0.25, -0.2) is 18.8 Å². The summed E-state index contributed by atoms with van der Waals surface area (Å²) in [5, 5.41) is 48.9. The Morgan fingerprint density at radius 2 is 1.74 bits per heavy atom. The summed E-state index contributed by atoms with van der Waals surface area (Å²) in [6.45, 7) is 14.5. The smallest absolute Gasteiger partial charge is 0.407 e. The molecule has 16 heteroatoms. The number of ketones is 1. The summed E-state index contributed by atoms with van der Waals surface area (Å²) in [7, 11) is 0. The zero-order chi connectivity index (χ0) is 43.0. The van der Waals surface area contributed by atoms with E-state index >= 15 is 0 Å². The van der Waals surface area contributed by atoms with Gasteiger partial charge in [-0.1, -0.05) is 33.8 Å². The number of amides is 1. The van der Waals surface area contributed by atoms with Gasteiger partial charge in [0, 0.05) is 37.4 Å². The van der Waals surface area contributed by atoms with E-state index in [0.717, 1.165) is 19.1 Å². The highest BCUT2D eigenvalue weighted by Gasteiger charge is 2.69. The van der Waals surface area contributed by atoms with Crippen molar-refractivity contribution in [3.8, 4) is 0 Å². The maximum absolute atomic E-state index is 14.5. The summed E-state index contributed by atoms with van der Waals surface area (Å²) < 4.78 is 43.4. The van der Waals surface area contributed by atoms with Gasteiger partial charge < -0.3 is 49.4 Å². The second-order valence-electron chi connectivity index (χ2n) is 17.1. The molecule has 2 aliphatic carbocycles. The maximum atomic E-state index is 14.5. The van der Waals surface area contributed by atoms with Crippen molar-refractivity contribution in [1.29, 1.82) is 0 Å². The highest BCUT2D eigenvalue weighted by Crippen LogP contribution is 2.58. The number of nitrogens with one attached hydrogen (secondary N) is 1. The zero-order valence-electron chi connectivity index (χ0n) is 34.1. The number of hydrogen-bond acceptors (Lipinski definition) is 14. The first-order chi connectivity index (χ1) is 26.3. The fourth-order valence-electron chi connectivity index (χ4n) is 8.30. The molecule has 2 bridgehead atoms. The van der Waals surface area contributed by atoms with Gasteiger partial charge in [-0.05, 0) is 76.3 Å². The molecule has 1 aliphatic heterocycles. The molecule has 1 aromatic carbocycles. The highest BCUT2D eigenvalue weighted by molar-refractivity contribution is 6.09. The number of hydrogen-bond donors (Lipinski definition) is 5. The molecule has 5 N–H and O–H groups in total. The van der Waals surface area contributed by atoms with Gasteiger partial charge in [0.15, 0.2) is 17.5 Å². The number of esters is 3. The van der Waals surface area contributed by atoms with Crippen LogP contribution >= 0.6 is 0 Å². The minimum atomic E-state index is -2.43. The van der Waals surface area contributed by atoms with Gasteiger partial charge in [-0.2, -0.15) is 0 Å². The molecular formula is C41H56FNO14. The Morgan fingerprint density at radius 1 is 1.09 bits per heavy atom. The number of allylic oxidation sites excluding steroid dienone is 1. The van der Waals surface area contributed by atoms with E-state index in [0.29, 0.717) is 0 Å². The monoisotopic (exact) mass is 805 g/mol. The summed E-state index contributed by atoms with van der Waals surface area (Å²) in [5.41, 5.74) is -7.42. The Bertz CT molecular complexity index is 1810. The summed E-state index contributed by atoms with van der Waals surface area (Å²) >= 11 is 0. The van der Waals surface area contributed by atoms with Crippen LogP contribution in [0, 0.1) is 23.1 Å². The van der Waals surface area contributed by atoms with Gasteiger partial charge in [0.2, 0.25) is 5.78 Å². The van der Waals surface area contributed by atoms with Crippen LogP contribution in [0.1, 0.15) is 98.9 Å². The highest BCUT2D eigenvalue weighted by atomic mass is 19.1. The molecular weight excluding hydrogens is 749 g/mol. The minimum Gasteiger partial charge on any atom is -0.504 e. The normalized spacial score (nSPS) is 29.6. The third-order valence-electron chi connectivity index (χ3n) is 11.0. The van der Waals surface area contributed by atoms with Crippen LogP contribution in [0.25, 0.3) is 0 Å². The van der Waals surface area contributed by atoms with Crippen LogP contribution in [0.15, 0.2) is 46.7 Å². The van der Waals surface area contributed by atoms with Gasteiger partial charge in [-0.3, -0.25) is 9.59 Å². The largest absolute Gasteiger partial charge is 0.504 e. The number of ether oxygens (including phenoxy) is 5. The number of fused-ring (bicyclic) bond motifs is 2. The van der Waals surface area contributed by atoms with E-state index in [1.807, 2.05) is 0 Å². The molecule has 8 atom stereocenters. The van der Waals surface area contributed by atoms with Crippen LogP contribution in [0.5, 0.6) is 0 Å². The number of rotatable bonds is 12. The number of carbonyl (C=O) groups excluding carboxylic acids is 5. The quantitative estimate of drug-likeness (QED) is 0.148. The molecule has 0 radical (unpaired) electrons. The van der Waals surface area contributed by atoms with E-state index in [2.05, 4.69) is 5.32 Å². The van der Waals surface area contributed by atoms with Crippen LogP contribution in [0.2, 0.25) is 0 Å². The fraction of sp³-hybridized carbons (Fsp3) is 0.634. The molecule has 1 saturated heterocycles. The maximum Gasteiger partial charge on any atom is 0.407 e. The van der Waals surface area contributed by atoms with Gasteiger partial charge in [0.05, 0.1) is 24.1 Å². The number of carbonyl (C=O) groups is 5. The van der Waals surface area contributed by atoms with Crippen molar-refractivity contribution < 1.29 is 72.5 Å². The Labute approximate surface area is 331 Å². The van der Waals surface area contributed by atoms with Crippen LogP contribution in [0.3, 0.4) is 0 Å². The molecule has 316 valence electrons. The second kappa shape index (κ2) is 16.8. The lowest BCUT2D eigenvalue weighted by atomic mass is 9.53. The average molecular weight is 806 g/mol. The van der Waals surface area contributed by atoms with Crippen LogP contribution < -0.4 is 5.32 Å². The van der Waals surface area contributed by atoms with E-state index in [-0.39, 0.29) is 47.6 Å². The van der Waals surface area contributed by atoms with E-state index in [1.54, 1.807) is 34.6 Å². The number of Topliss-reactive ketones (excluding diaryl/α,β-unsaturated/α-hetero) is 1. The number of aliphatic hydroxyl groups is 4. The number of benzene rings is 1. The van der Waals surface area contributed by atoms with Crippen LogP contribution in [-0.2, 0) is 38.1 Å². The van der Waals surface area contributed by atoms with Crippen molar-refractivity contribution >= 4 is 29.8 Å². The SMILES string of the molecule is CC(=O)O[C@@]1([C@@H]2/C(C)=C(/O)C(=O)C3=C(C)[C@@H](OC(=O)[C@H](O)[C@H](CC(C)C)NC(=O)OC(C)(C)C)C[C@@](O)([C@H]2OC(=O)c2cccc(F)c2)C3(C)C)CO[C@H]1CCO. The number of alkyl carbamates (subject to hydrolysis) is 1. The number of aliphatic hydroxyl groups excluding tert-OH is 3. The lowest BCUT2D eigenvalue weighted by molar-refractivity contribution is -0.295. The first-order valence-electron chi connectivity index (χ1n) is 19.0. The molecule has 1 aromatic rings. The standard InChI is InChI=1S/C41H56FNO14/c1-20(2)16-26(43-37(51)57-38(6,7)8)32(47)36(50)54-27-18-41(52)34(55-35(49)24-12-11-13-25(42)17-24)30(40(56-23(5)45)19-53-28(40)14-15-44)22(4)31(46)33(48)29(21(27)3)39(41,9)10/h11-13,17,20,26-28,30,32,34,44,46-47,52H,14-16,18-19H2,1-10H3,(H,43,51)/b31-22+/t26-,27-,28-,30+,32+,34-,40-,41+/m0/s1. The summed E-state index contributed by atoms with van der Waals surface area (Å²) in [6.07, 6.45) is -7.90. The summed E-state index contributed by atoms with van der Waals surface area (Å²) in [6, 6.07) is 3.35. The molecule has 1 amide bonds. The fourth-order valence-corrected chi connectivity index (χ4v) is 8.30. The van der Waals surface area contributed by atoms with Crippen molar-refractivity contribution in [2.75, 3.05) is 13.2 Å². The predicted octanol–water partition coefficient (Wildman–Crippen LogP) is 4.15. The van der Waals surface area contributed by atoms with E-state index in [4.69, 9.17) is 23.7 Å². The van der Waals surface area contributed by atoms with Gasteiger partial charge in [0.25, 0.3) is 0 Å². The predicted molar refractivity (Wildman–Crippen MR) is 200 cm³/mol. The Morgan fingerprint density at radius 3 is 2.26 bits per heavy atom. The molecule has 1 heterocycles. The Hall–Kier alpha value is -4.38. The van der Waals surface area contributed by atoms with E-state index < -0.39 is 113 Å². The molecule has 3 aliphatic rings. The summed E-state index contributed by atoms with van der Waals surface area (Å²) in [4.78, 5) is 67.8. The first-order valence-corrected chi connectivity index (χ1v) is 19.0. The molecule has 0 unspecified atom stereocenters. The molecule has 0 saturated carbocycles. The van der Waals surface area contributed by atoms with Crippen LogP contribution in [0.4, 0.5) is 9.18 Å². The molecule has 1 fully saturated rings. The second-order valence-corrected chi connectivity index (χ2v) is 17.1.